The van der Waals surface area contributed by atoms with Crippen molar-refractivity contribution in [2.75, 3.05) is 0 Å². The molecule has 0 amide bonds. The Bertz CT molecular complexity index is 428. The van der Waals surface area contributed by atoms with Gasteiger partial charge in [0.05, 0.1) is 0 Å². The van der Waals surface area contributed by atoms with Gasteiger partial charge in [0.1, 0.15) is 11.5 Å². The predicted molar refractivity (Wildman–Crippen MR) is 60.7 cm³/mol. The molecule has 2 heteroatoms. The van der Waals surface area contributed by atoms with Crippen molar-refractivity contribution in [3.05, 3.63) is 41.7 Å². The van der Waals surface area contributed by atoms with Crippen LogP contribution in [0.15, 0.2) is 34.9 Å². The smallest absolute Gasteiger partial charge is 0.137 e. The molecule has 0 atom stereocenters. The van der Waals surface area contributed by atoms with Crippen LogP contribution in [0.3, 0.4) is 0 Å². The topological polar surface area (TPSA) is 26.0 Å². The Labute approximate surface area is 89.9 Å². The molecule has 0 N–H and O–H groups in total. The lowest BCUT2D eigenvalue weighted by Crippen LogP contribution is -1.80. The predicted octanol–water partition coefficient (Wildman–Crippen LogP) is 3.47. The minimum atomic E-state index is 0.889. The van der Waals surface area contributed by atoms with E-state index >= 15 is 0 Å². The molecular formula is C13H15NO. The summed E-state index contributed by atoms with van der Waals surface area (Å²) in [6, 6.07) is 10.5. The molecule has 0 aliphatic heterocycles. The first kappa shape index (κ1) is 9.97. The Hall–Kier alpha value is -1.57. The molecule has 1 aromatic carbocycles. The summed E-state index contributed by atoms with van der Waals surface area (Å²) in [5.74, 6) is 0.935. The lowest BCUT2D eigenvalue weighted by Gasteiger charge is -1.97. The summed E-state index contributed by atoms with van der Waals surface area (Å²) < 4.78 is 5.17. The van der Waals surface area contributed by atoms with Crippen molar-refractivity contribution in [3.63, 3.8) is 0 Å². The maximum atomic E-state index is 5.17. The average Bonchev–Trinajstić information content (AvgIpc) is 2.78. The van der Waals surface area contributed by atoms with Crippen LogP contribution in [-0.4, -0.2) is 5.16 Å². The zero-order valence-corrected chi connectivity index (χ0v) is 9.16. The molecule has 0 aliphatic carbocycles. The van der Waals surface area contributed by atoms with Gasteiger partial charge in [-0.1, -0.05) is 43.3 Å². The molecule has 0 radical (unpaired) electrons. The van der Waals surface area contributed by atoms with Gasteiger partial charge < -0.3 is 4.52 Å². The monoisotopic (exact) mass is 201 g/mol. The lowest BCUT2D eigenvalue weighted by atomic mass is 10.1. The summed E-state index contributed by atoms with van der Waals surface area (Å²) in [7, 11) is 0. The maximum absolute atomic E-state index is 5.17. The van der Waals surface area contributed by atoms with Gasteiger partial charge in [-0.15, -0.1) is 0 Å². The van der Waals surface area contributed by atoms with E-state index in [4.69, 9.17) is 4.52 Å². The third-order valence-corrected chi connectivity index (χ3v) is 2.57. The molecular weight excluding hydrogens is 186 g/mol. The summed E-state index contributed by atoms with van der Waals surface area (Å²) in [5, 5.41) is 4.04. The Morgan fingerprint density at radius 2 is 1.80 bits per heavy atom. The molecule has 2 aromatic rings. The second-order valence-electron chi connectivity index (χ2n) is 3.58. The van der Waals surface area contributed by atoms with Crippen LogP contribution in [0.5, 0.6) is 0 Å². The maximum Gasteiger partial charge on any atom is 0.137 e. The van der Waals surface area contributed by atoms with Gasteiger partial charge >= 0.3 is 0 Å². The first-order valence-corrected chi connectivity index (χ1v) is 5.38. The quantitative estimate of drug-likeness (QED) is 0.760. The molecule has 78 valence electrons. The molecule has 0 saturated heterocycles. The third-order valence-electron chi connectivity index (χ3n) is 2.57. The van der Waals surface area contributed by atoms with Crippen LogP contribution in [0.2, 0.25) is 0 Å². The highest BCUT2D eigenvalue weighted by Crippen LogP contribution is 2.19. The number of nitrogens with zero attached hydrogens (tertiary/aromatic N) is 1. The van der Waals surface area contributed by atoms with E-state index in [1.165, 1.54) is 5.56 Å². The molecule has 0 aliphatic rings. The molecule has 0 fully saturated rings. The zero-order valence-electron chi connectivity index (χ0n) is 9.16. The minimum Gasteiger partial charge on any atom is -0.361 e. The number of aromatic nitrogens is 1. The van der Waals surface area contributed by atoms with E-state index in [2.05, 4.69) is 43.3 Å². The van der Waals surface area contributed by atoms with E-state index in [1.807, 2.05) is 6.07 Å². The van der Waals surface area contributed by atoms with Crippen molar-refractivity contribution in [1.29, 1.82) is 0 Å². The average molecular weight is 201 g/mol. The number of rotatable bonds is 3. The van der Waals surface area contributed by atoms with Crippen LogP contribution >= 0.6 is 0 Å². The van der Waals surface area contributed by atoms with Crippen LogP contribution < -0.4 is 0 Å². The molecule has 2 nitrogen and oxygen atoms in total. The van der Waals surface area contributed by atoms with E-state index in [0.29, 0.717) is 0 Å². The van der Waals surface area contributed by atoms with E-state index in [-0.39, 0.29) is 0 Å². The Balaban J connectivity index is 2.28. The fourth-order valence-corrected chi connectivity index (χ4v) is 1.53. The molecule has 2 rings (SSSR count). The normalized spacial score (nSPS) is 10.5. The van der Waals surface area contributed by atoms with Gasteiger partial charge in [-0.05, 0) is 12.0 Å². The van der Waals surface area contributed by atoms with Crippen LogP contribution in [0.1, 0.15) is 25.2 Å². The van der Waals surface area contributed by atoms with Crippen molar-refractivity contribution >= 4 is 0 Å². The van der Waals surface area contributed by atoms with Crippen molar-refractivity contribution < 1.29 is 4.52 Å². The largest absolute Gasteiger partial charge is 0.361 e. The zero-order chi connectivity index (χ0) is 10.7. The molecule has 0 unspecified atom stereocenters. The van der Waals surface area contributed by atoms with Gasteiger partial charge in [0, 0.05) is 18.1 Å². The highest BCUT2D eigenvalue weighted by Gasteiger charge is 2.04. The van der Waals surface area contributed by atoms with Gasteiger partial charge in [0.25, 0.3) is 0 Å². The molecule has 0 bridgehead atoms. The highest BCUT2D eigenvalue weighted by molar-refractivity contribution is 5.59. The second kappa shape index (κ2) is 4.30. The fourth-order valence-electron chi connectivity index (χ4n) is 1.53. The first-order valence-electron chi connectivity index (χ1n) is 5.38. The summed E-state index contributed by atoms with van der Waals surface area (Å²) >= 11 is 0. The van der Waals surface area contributed by atoms with Crippen molar-refractivity contribution in [2.45, 2.75) is 26.7 Å². The molecule has 1 aromatic heterocycles. The highest BCUT2D eigenvalue weighted by atomic mass is 16.5. The van der Waals surface area contributed by atoms with Gasteiger partial charge in [-0.2, -0.15) is 0 Å². The van der Waals surface area contributed by atoms with Crippen molar-refractivity contribution in [1.82, 2.24) is 5.16 Å². The van der Waals surface area contributed by atoms with Gasteiger partial charge in [-0.3, -0.25) is 0 Å². The number of hydrogen-bond acceptors (Lipinski definition) is 2. The number of aryl methyl sites for hydroxylation is 2. The fraction of sp³-hybridized carbons (Fsp3) is 0.308. The Morgan fingerprint density at radius 3 is 2.33 bits per heavy atom. The Kier molecular flexibility index (Phi) is 2.86. The number of benzene rings is 1. The summed E-state index contributed by atoms with van der Waals surface area (Å²) in [6.45, 7) is 4.21. The van der Waals surface area contributed by atoms with Crippen LogP contribution in [-0.2, 0) is 12.8 Å². The lowest BCUT2D eigenvalue weighted by molar-refractivity contribution is 0.389. The summed E-state index contributed by atoms with van der Waals surface area (Å²) in [4.78, 5) is 0. The van der Waals surface area contributed by atoms with E-state index in [9.17, 15) is 0 Å². The van der Waals surface area contributed by atoms with Crippen LogP contribution in [0.4, 0.5) is 0 Å². The van der Waals surface area contributed by atoms with Gasteiger partial charge in [0.15, 0.2) is 0 Å². The molecule has 0 saturated carbocycles. The van der Waals surface area contributed by atoms with Crippen molar-refractivity contribution in [2.24, 2.45) is 0 Å². The van der Waals surface area contributed by atoms with Crippen LogP contribution in [0.25, 0.3) is 11.3 Å². The summed E-state index contributed by atoms with van der Waals surface area (Å²) in [5.41, 5.74) is 3.39. The molecule has 1 heterocycles. The minimum absolute atomic E-state index is 0.889. The standard InChI is InChI=1S/C13H15NO/c1-3-10-5-7-11(8-6-10)13-9-12(4-2)15-14-13/h5-9H,3-4H2,1-2H3. The van der Waals surface area contributed by atoms with Gasteiger partial charge in [0.2, 0.25) is 0 Å². The van der Waals surface area contributed by atoms with E-state index < -0.39 is 0 Å². The summed E-state index contributed by atoms with van der Waals surface area (Å²) in [6.07, 6.45) is 1.96. The molecule has 15 heavy (non-hydrogen) atoms. The third kappa shape index (κ3) is 2.09. The van der Waals surface area contributed by atoms with Crippen molar-refractivity contribution in [3.8, 4) is 11.3 Å². The first-order chi connectivity index (χ1) is 7.33. The Morgan fingerprint density at radius 1 is 1.07 bits per heavy atom. The van der Waals surface area contributed by atoms with E-state index in [0.717, 1.165) is 29.9 Å². The van der Waals surface area contributed by atoms with E-state index in [1.54, 1.807) is 0 Å². The van der Waals surface area contributed by atoms with Crippen LogP contribution in [0, 0.1) is 0 Å². The second-order valence-corrected chi connectivity index (χ2v) is 3.58. The molecule has 0 spiro atoms. The SMILES string of the molecule is CCc1ccc(-c2cc(CC)on2)cc1. The number of hydrogen-bond donors (Lipinski definition) is 0. The van der Waals surface area contributed by atoms with Gasteiger partial charge in [-0.25, -0.2) is 0 Å².